The lowest BCUT2D eigenvalue weighted by Crippen LogP contribution is -2.49. The first kappa shape index (κ1) is 14.8. The molecule has 118 valence electrons. The summed E-state index contributed by atoms with van der Waals surface area (Å²) < 4.78 is 5.13. The molecule has 0 spiro atoms. The van der Waals surface area contributed by atoms with Crippen molar-refractivity contribution < 1.29 is 9.53 Å². The highest BCUT2D eigenvalue weighted by Crippen LogP contribution is 2.22. The van der Waals surface area contributed by atoms with Crippen LogP contribution < -0.4 is 9.64 Å². The quantitative estimate of drug-likeness (QED) is 0.789. The second-order valence-corrected chi connectivity index (χ2v) is 5.74. The number of anilines is 1. The van der Waals surface area contributed by atoms with E-state index in [1.807, 2.05) is 4.90 Å². The van der Waals surface area contributed by atoms with Crippen LogP contribution in [0.25, 0.3) is 0 Å². The zero-order valence-corrected chi connectivity index (χ0v) is 12.9. The Morgan fingerprint density at radius 2 is 2.18 bits per heavy atom. The fourth-order valence-corrected chi connectivity index (χ4v) is 2.97. The van der Waals surface area contributed by atoms with E-state index in [4.69, 9.17) is 4.74 Å². The molecule has 0 radical (unpaired) electrons. The molecule has 1 fully saturated rings. The molecule has 1 aliphatic carbocycles. The minimum absolute atomic E-state index is 0.266. The molecule has 1 atom stereocenters. The van der Waals surface area contributed by atoms with Crippen molar-refractivity contribution in [3.05, 3.63) is 24.4 Å². The fraction of sp³-hybridized carbons (Fsp3) is 0.562. The van der Waals surface area contributed by atoms with E-state index >= 15 is 0 Å². The van der Waals surface area contributed by atoms with Crippen LogP contribution in [0, 0.1) is 5.92 Å². The number of carbonyl (C=O) groups excluding carboxylic acids is 1. The molecule has 2 aliphatic rings. The molecule has 22 heavy (non-hydrogen) atoms. The normalized spacial score (nSPS) is 21.2. The Labute approximate surface area is 130 Å². The molecule has 1 aliphatic heterocycles. The molecule has 1 aromatic rings. The zero-order valence-electron chi connectivity index (χ0n) is 12.9. The lowest BCUT2D eigenvalue weighted by atomic mass is 10.0. The molecule has 3 rings (SSSR count). The summed E-state index contributed by atoms with van der Waals surface area (Å²) in [5.41, 5.74) is 0. The topological polar surface area (TPSA) is 58.6 Å². The predicted octanol–water partition coefficient (Wildman–Crippen LogP) is 1.49. The lowest BCUT2D eigenvalue weighted by molar-refractivity contribution is -0.132. The summed E-state index contributed by atoms with van der Waals surface area (Å²) in [5, 5.41) is 0. The second kappa shape index (κ2) is 6.77. The Morgan fingerprint density at radius 3 is 2.86 bits per heavy atom. The number of methoxy groups -OCH3 is 1. The zero-order chi connectivity index (χ0) is 15.4. The number of aromatic nitrogens is 2. The maximum Gasteiger partial charge on any atom is 0.228 e. The van der Waals surface area contributed by atoms with Crippen LogP contribution in [0.5, 0.6) is 5.88 Å². The molecule has 1 saturated heterocycles. The smallest absolute Gasteiger partial charge is 0.228 e. The van der Waals surface area contributed by atoms with Crippen LogP contribution in [-0.4, -0.2) is 54.1 Å². The third-order valence-corrected chi connectivity index (χ3v) is 4.29. The molecule has 0 N–H and O–H groups in total. The Balaban J connectivity index is 1.53. The van der Waals surface area contributed by atoms with Crippen LogP contribution in [0.3, 0.4) is 0 Å². The van der Waals surface area contributed by atoms with E-state index in [1.54, 1.807) is 19.4 Å². The Hall–Kier alpha value is -2.11. The number of hydrogen-bond acceptors (Lipinski definition) is 5. The fourth-order valence-electron chi connectivity index (χ4n) is 2.97. The summed E-state index contributed by atoms with van der Waals surface area (Å²) in [6.45, 7) is 2.99. The van der Waals surface area contributed by atoms with Gasteiger partial charge in [0.25, 0.3) is 0 Å². The van der Waals surface area contributed by atoms with Gasteiger partial charge in [0.2, 0.25) is 17.7 Å². The number of amides is 1. The Morgan fingerprint density at radius 1 is 1.36 bits per heavy atom. The van der Waals surface area contributed by atoms with Gasteiger partial charge >= 0.3 is 0 Å². The maximum absolute atomic E-state index is 12.3. The number of piperazine rings is 1. The first-order valence-corrected chi connectivity index (χ1v) is 7.82. The summed E-state index contributed by atoms with van der Waals surface area (Å²) in [7, 11) is 1.60. The van der Waals surface area contributed by atoms with Gasteiger partial charge < -0.3 is 14.5 Å². The average molecular weight is 302 g/mol. The highest BCUT2D eigenvalue weighted by atomic mass is 16.5. The van der Waals surface area contributed by atoms with Crippen LogP contribution in [0.4, 0.5) is 5.95 Å². The van der Waals surface area contributed by atoms with E-state index in [0.29, 0.717) is 24.2 Å². The van der Waals surface area contributed by atoms with Crippen molar-refractivity contribution in [2.75, 3.05) is 38.2 Å². The van der Waals surface area contributed by atoms with E-state index < -0.39 is 0 Å². The molecule has 1 aromatic heterocycles. The van der Waals surface area contributed by atoms with E-state index in [-0.39, 0.29) is 5.91 Å². The van der Waals surface area contributed by atoms with E-state index in [9.17, 15) is 4.79 Å². The SMILES string of the molecule is COc1ccnc(N2CCN(C(=O)C[C@@H]3C=CCC3)CC2)n1. The highest BCUT2D eigenvalue weighted by molar-refractivity contribution is 5.77. The van der Waals surface area contributed by atoms with Gasteiger partial charge in [0.1, 0.15) is 0 Å². The molecule has 0 bridgehead atoms. The average Bonchev–Trinajstić information content (AvgIpc) is 3.08. The van der Waals surface area contributed by atoms with Gasteiger partial charge in [-0.1, -0.05) is 12.2 Å². The second-order valence-electron chi connectivity index (χ2n) is 5.74. The van der Waals surface area contributed by atoms with Gasteiger partial charge in [0.05, 0.1) is 7.11 Å². The van der Waals surface area contributed by atoms with Crippen molar-refractivity contribution in [3.8, 4) is 5.88 Å². The number of allylic oxidation sites excluding steroid dienone is 2. The van der Waals surface area contributed by atoms with Crippen molar-refractivity contribution in [1.29, 1.82) is 0 Å². The van der Waals surface area contributed by atoms with E-state index in [0.717, 1.165) is 39.0 Å². The van der Waals surface area contributed by atoms with E-state index in [2.05, 4.69) is 27.0 Å². The van der Waals surface area contributed by atoms with Gasteiger partial charge in [-0.15, -0.1) is 0 Å². The summed E-state index contributed by atoms with van der Waals surface area (Å²) >= 11 is 0. The van der Waals surface area contributed by atoms with Crippen molar-refractivity contribution in [2.24, 2.45) is 5.92 Å². The number of rotatable bonds is 4. The monoisotopic (exact) mass is 302 g/mol. The Bertz CT molecular complexity index is 553. The number of ether oxygens (including phenoxy) is 1. The molecule has 0 saturated carbocycles. The minimum atomic E-state index is 0.266. The number of nitrogens with zero attached hydrogens (tertiary/aromatic N) is 4. The molecule has 0 unspecified atom stereocenters. The molecule has 0 aromatic carbocycles. The van der Waals surface area contributed by atoms with Gasteiger partial charge in [-0.05, 0) is 18.8 Å². The van der Waals surface area contributed by atoms with Crippen LogP contribution in [-0.2, 0) is 4.79 Å². The molecule has 6 heteroatoms. The van der Waals surface area contributed by atoms with Crippen molar-refractivity contribution in [2.45, 2.75) is 19.3 Å². The summed E-state index contributed by atoms with van der Waals surface area (Å²) in [5.74, 6) is 1.94. The lowest BCUT2D eigenvalue weighted by Gasteiger charge is -2.35. The summed E-state index contributed by atoms with van der Waals surface area (Å²) in [4.78, 5) is 25.0. The standard InChI is InChI=1S/C16H22N4O2/c1-22-14-6-7-17-16(18-14)20-10-8-19(9-11-20)15(21)12-13-4-2-3-5-13/h2,4,6-7,13H,3,5,8-12H2,1H3/t13-/m1/s1. The molecule has 1 amide bonds. The summed E-state index contributed by atoms with van der Waals surface area (Å²) in [6, 6.07) is 1.73. The number of carbonyl (C=O) groups is 1. The first-order chi connectivity index (χ1) is 10.8. The van der Waals surface area contributed by atoms with Crippen LogP contribution >= 0.6 is 0 Å². The van der Waals surface area contributed by atoms with Gasteiger partial charge in [-0.3, -0.25) is 4.79 Å². The highest BCUT2D eigenvalue weighted by Gasteiger charge is 2.24. The van der Waals surface area contributed by atoms with Crippen LogP contribution in [0.1, 0.15) is 19.3 Å². The molecular formula is C16H22N4O2. The third kappa shape index (κ3) is 3.37. The van der Waals surface area contributed by atoms with Gasteiger partial charge in [0.15, 0.2) is 0 Å². The van der Waals surface area contributed by atoms with Crippen molar-refractivity contribution in [1.82, 2.24) is 14.9 Å². The third-order valence-electron chi connectivity index (χ3n) is 4.29. The number of hydrogen-bond donors (Lipinski definition) is 0. The molecule has 2 heterocycles. The van der Waals surface area contributed by atoms with Gasteiger partial charge in [0, 0.05) is 44.9 Å². The van der Waals surface area contributed by atoms with E-state index in [1.165, 1.54) is 0 Å². The largest absolute Gasteiger partial charge is 0.481 e. The first-order valence-electron chi connectivity index (χ1n) is 7.82. The maximum atomic E-state index is 12.3. The molecular weight excluding hydrogens is 280 g/mol. The predicted molar refractivity (Wildman–Crippen MR) is 83.9 cm³/mol. The van der Waals surface area contributed by atoms with Crippen LogP contribution in [0.15, 0.2) is 24.4 Å². The van der Waals surface area contributed by atoms with Gasteiger partial charge in [-0.2, -0.15) is 4.98 Å². The summed E-state index contributed by atoms with van der Waals surface area (Å²) in [6.07, 6.45) is 8.92. The van der Waals surface area contributed by atoms with Crippen LogP contribution in [0.2, 0.25) is 0 Å². The van der Waals surface area contributed by atoms with Crippen molar-refractivity contribution in [3.63, 3.8) is 0 Å². The molecule has 6 nitrogen and oxygen atoms in total. The Kier molecular flexibility index (Phi) is 4.56. The minimum Gasteiger partial charge on any atom is -0.481 e. The van der Waals surface area contributed by atoms with Crippen molar-refractivity contribution >= 4 is 11.9 Å². The van der Waals surface area contributed by atoms with Gasteiger partial charge in [-0.25, -0.2) is 4.98 Å².